The van der Waals surface area contributed by atoms with Crippen molar-refractivity contribution in [1.29, 1.82) is 0 Å². The Labute approximate surface area is 452 Å². The number of quaternary nitrogens is 1. The lowest BCUT2D eigenvalue weighted by molar-refractivity contribution is -0.870. The monoisotopic (exact) mass is 1050 g/mol. The largest absolute Gasteiger partial charge is 0.472 e. The first kappa shape index (κ1) is 71.0. The Hall–Kier alpha value is -2.03. The predicted octanol–water partition coefficient (Wildman–Crippen LogP) is 18.9. The van der Waals surface area contributed by atoms with Crippen LogP contribution < -0.4 is 5.32 Å². The van der Waals surface area contributed by atoms with Crippen molar-refractivity contribution in [1.82, 2.24) is 5.32 Å². The molecule has 2 N–H and O–H groups in total. The zero-order valence-corrected chi connectivity index (χ0v) is 49.8. The molecule has 0 aliphatic rings. The molecule has 9 nitrogen and oxygen atoms in total. The normalized spacial score (nSPS) is 14.0. The van der Waals surface area contributed by atoms with Gasteiger partial charge in [0.15, 0.2) is 0 Å². The number of esters is 1. The number of phosphoric ester groups is 1. The van der Waals surface area contributed by atoms with Crippen LogP contribution in [-0.4, -0.2) is 74.3 Å². The summed E-state index contributed by atoms with van der Waals surface area (Å²) in [6, 6.07) is -0.857. The number of rotatable bonds is 56. The molecule has 0 radical (unpaired) electrons. The number of ether oxygens (including phenoxy) is 1. The molecule has 0 spiro atoms. The first-order chi connectivity index (χ1) is 35.4. The number of amides is 1. The maximum absolute atomic E-state index is 13.5. The number of nitrogens with zero attached hydrogens (tertiary/aromatic N) is 1. The predicted molar refractivity (Wildman–Crippen MR) is 314 cm³/mol. The summed E-state index contributed by atoms with van der Waals surface area (Å²) < 4.78 is 30.7. The molecule has 73 heavy (non-hydrogen) atoms. The van der Waals surface area contributed by atoms with Crippen molar-refractivity contribution in [2.45, 2.75) is 303 Å². The maximum Gasteiger partial charge on any atom is 0.472 e. The molecule has 0 aromatic heterocycles. The lowest BCUT2D eigenvalue weighted by atomic mass is 10.0. The van der Waals surface area contributed by atoms with Crippen LogP contribution >= 0.6 is 7.82 Å². The van der Waals surface area contributed by atoms with Crippen LogP contribution in [0.1, 0.15) is 290 Å². The molecule has 0 rings (SSSR count). The summed E-state index contributed by atoms with van der Waals surface area (Å²) in [5, 5.41) is 3.04. The Balaban J connectivity index is 5.24. The van der Waals surface area contributed by atoms with Gasteiger partial charge in [0.1, 0.15) is 19.3 Å². The van der Waals surface area contributed by atoms with Gasteiger partial charge in [-0.25, -0.2) is 4.57 Å². The van der Waals surface area contributed by atoms with Crippen LogP contribution in [0.25, 0.3) is 0 Å². The van der Waals surface area contributed by atoms with Crippen LogP contribution in [0.15, 0.2) is 48.6 Å². The summed E-state index contributed by atoms with van der Waals surface area (Å²) in [5.41, 5.74) is 0. The van der Waals surface area contributed by atoms with Crippen molar-refractivity contribution < 1.29 is 37.3 Å². The summed E-state index contributed by atoms with van der Waals surface area (Å²) in [4.78, 5) is 37.7. The first-order valence-electron chi connectivity index (χ1n) is 31.0. The summed E-state index contributed by atoms with van der Waals surface area (Å²) in [6.07, 6.45) is 65.4. The highest BCUT2D eigenvalue weighted by Gasteiger charge is 2.30. The fourth-order valence-electron chi connectivity index (χ4n) is 8.95. The average molecular weight is 1050 g/mol. The van der Waals surface area contributed by atoms with E-state index in [1.54, 1.807) is 0 Å². The fraction of sp³-hybridized carbons (Fsp3) is 0.841. The van der Waals surface area contributed by atoms with E-state index in [1.165, 1.54) is 173 Å². The molecule has 1 amide bonds. The molecule has 0 saturated carbocycles. The van der Waals surface area contributed by atoms with Crippen molar-refractivity contribution >= 4 is 19.7 Å². The van der Waals surface area contributed by atoms with Crippen LogP contribution in [0.5, 0.6) is 0 Å². The van der Waals surface area contributed by atoms with Crippen molar-refractivity contribution in [3.8, 4) is 0 Å². The van der Waals surface area contributed by atoms with Gasteiger partial charge in [-0.1, -0.05) is 256 Å². The number of carbonyl (C=O) groups excluding carboxylic acids is 2. The van der Waals surface area contributed by atoms with Crippen LogP contribution in [-0.2, 0) is 27.9 Å². The smallest absolute Gasteiger partial charge is 0.456 e. The van der Waals surface area contributed by atoms with Gasteiger partial charge in [-0.3, -0.25) is 18.6 Å². The van der Waals surface area contributed by atoms with E-state index in [2.05, 4.69) is 62.5 Å². The molecule has 428 valence electrons. The Morgan fingerprint density at radius 3 is 1.27 bits per heavy atom. The average Bonchev–Trinajstić information content (AvgIpc) is 3.35. The number of hydrogen-bond donors (Lipinski definition) is 2. The lowest BCUT2D eigenvalue weighted by Crippen LogP contribution is -2.47. The molecule has 10 heteroatoms. The highest BCUT2D eigenvalue weighted by Crippen LogP contribution is 2.43. The number of likely N-dealkylation sites (N-methyl/N-ethyl adjacent to an activating group) is 1. The van der Waals surface area contributed by atoms with Gasteiger partial charge in [0, 0.05) is 12.8 Å². The minimum atomic E-state index is -4.45. The third-order valence-corrected chi connectivity index (χ3v) is 14.8. The van der Waals surface area contributed by atoms with Gasteiger partial charge < -0.3 is 19.4 Å². The van der Waals surface area contributed by atoms with E-state index in [-0.39, 0.29) is 25.1 Å². The SMILES string of the molecule is CCCCC/C=C\C/C=C\C/C=C\CCCCCCC(=O)NC(COP(=O)(O)OCC[N+](C)(C)C)C(/C=C/CCCCCCCCCCC)OC(=O)CCCCCCCCCCCCCCCCCCCCC. The van der Waals surface area contributed by atoms with E-state index in [4.69, 9.17) is 13.8 Å². The summed E-state index contributed by atoms with van der Waals surface area (Å²) in [6.45, 7) is 6.99. The molecule has 0 aliphatic carbocycles. The third kappa shape index (κ3) is 54.6. The Bertz CT molecular complexity index is 1390. The molecular formula is C63H120N2O7P+. The topological polar surface area (TPSA) is 111 Å². The van der Waals surface area contributed by atoms with Gasteiger partial charge in [0.25, 0.3) is 0 Å². The highest BCUT2D eigenvalue weighted by atomic mass is 31.2. The van der Waals surface area contributed by atoms with Crippen LogP contribution in [0.2, 0.25) is 0 Å². The van der Waals surface area contributed by atoms with Crippen molar-refractivity contribution in [2.24, 2.45) is 0 Å². The van der Waals surface area contributed by atoms with E-state index in [9.17, 15) is 19.0 Å². The second-order valence-corrected chi connectivity index (χ2v) is 23.7. The van der Waals surface area contributed by atoms with Crippen LogP contribution in [0, 0.1) is 0 Å². The molecule has 0 heterocycles. The summed E-state index contributed by atoms with van der Waals surface area (Å²) >= 11 is 0. The highest BCUT2D eigenvalue weighted by molar-refractivity contribution is 7.47. The second kappa shape index (κ2) is 53.4. The second-order valence-electron chi connectivity index (χ2n) is 22.2. The zero-order chi connectivity index (χ0) is 53.6. The molecule has 0 fully saturated rings. The number of allylic oxidation sites excluding steroid dienone is 7. The van der Waals surface area contributed by atoms with Crippen molar-refractivity contribution in [2.75, 3.05) is 40.9 Å². The quantitative estimate of drug-likeness (QED) is 0.0205. The molecular weight excluding hydrogens is 928 g/mol. The minimum absolute atomic E-state index is 0.0365. The third-order valence-electron chi connectivity index (χ3n) is 13.8. The number of carbonyl (C=O) groups is 2. The summed E-state index contributed by atoms with van der Waals surface area (Å²) in [7, 11) is 1.49. The van der Waals surface area contributed by atoms with Crippen LogP contribution in [0.4, 0.5) is 0 Å². The Kier molecular flexibility index (Phi) is 51.9. The van der Waals surface area contributed by atoms with Gasteiger partial charge in [0.2, 0.25) is 5.91 Å². The zero-order valence-electron chi connectivity index (χ0n) is 48.9. The maximum atomic E-state index is 13.5. The van der Waals surface area contributed by atoms with E-state index in [0.717, 1.165) is 83.5 Å². The number of hydrogen-bond acceptors (Lipinski definition) is 6. The first-order valence-corrected chi connectivity index (χ1v) is 32.5. The minimum Gasteiger partial charge on any atom is -0.456 e. The van der Waals surface area contributed by atoms with Crippen molar-refractivity contribution in [3.63, 3.8) is 0 Å². The molecule has 0 aromatic rings. The Morgan fingerprint density at radius 1 is 0.479 bits per heavy atom. The fourth-order valence-corrected chi connectivity index (χ4v) is 9.68. The Morgan fingerprint density at radius 2 is 0.836 bits per heavy atom. The van der Waals surface area contributed by atoms with E-state index >= 15 is 0 Å². The number of nitrogens with one attached hydrogen (secondary N) is 1. The molecule has 3 atom stereocenters. The molecule has 0 aromatic carbocycles. The van der Waals surface area contributed by atoms with Gasteiger partial charge in [0.05, 0.1) is 33.8 Å². The molecule has 3 unspecified atom stereocenters. The molecule has 0 saturated heterocycles. The molecule has 0 aliphatic heterocycles. The summed E-state index contributed by atoms with van der Waals surface area (Å²) in [5.74, 6) is -0.521. The van der Waals surface area contributed by atoms with Gasteiger partial charge in [-0.2, -0.15) is 0 Å². The van der Waals surface area contributed by atoms with Crippen molar-refractivity contribution in [3.05, 3.63) is 48.6 Å². The molecule has 0 bridgehead atoms. The number of phosphoric acid groups is 1. The lowest BCUT2D eigenvalue weighted by Gasteiger charge is -2.27. The number of unbranched alkanes of at least 4 members (excludes halogenated alkanes) is 34. The standard InChI is InChI=1S/C63H119N2O7P/c1-7-10-13-16-19-22-25-27-29-31-32-34-36-38-41-44-47-50-53-56-63(67)72-61(54-51-48-45-42-39-24-21-18-15-12-9-3)60(59-71-73(68,69)70-58-57-65(4,5)6)64-62(66)55-52-49-46-43-40-37-35-33-30-28-26-23-20-17-14-11-8-2/h20,23,28,30,35,37,51,54,60-61H,7-19,21-22,24-27,29,31-34,36,38-50,52-53,55-59H2,1-6H3,(H-,64,66,68,69)/p+1/b23-20-,30-28-,37-35-,54-51+. The van der Waals surface area contributed by atoms with Gasteiger partial charge in [-0.05, 0) is 70.3 Å². The van der Waals surface area contributed by atoms with E-state index in [1.807, 2.05) is 33.3 Å². The van der Waals surface area contributed by atoms with Crippen LogP contribution in [0.3, 0.4) is 0 Å². The van der Waals surface area contributed by atoms with Gasteiger partial charge >= 0.3 is 13.8 Å². The van der Waals surface area contributed by atoms with E-state index < -0.39 is 20.0 Å². The van der Waals surface area contributed by atoms with E-state index in [0.29, 0.717) is 23.9 Å². The van der Waals surface area contributed by atoms with Gasteiger partial charge in [-0.15, -0.1) is 0 Å².